The Morgan fingerprint density at radius 3 is 2.31 bits per heavy atom. The zero-order valence-electron chi connectivity index (χ0n) is 15.0. The quantitative estimate of drug-likeness (QED) is 0.392. The number of aryl methyl sites for hydroxylation is 1. The summed E-state index contributed by atoms with van der Waals surface area (Å²) < 4.78 is 2.26. The van der Waals surface area contributed by atoms with Crippen LogP contribution in [0.4, 0.5) is 0 Å². The van der Waals surface area contributed by atoms with Crippen LogP contribution in [0, 0.1) is 17.9 Å². The minimum Gasteiger partial charge on any atom is -0.367 e. The van der Waals surface area contributed by atoms with Crippen LogP contribution in [-0.4, -0.2) is 9.55 Å². The third-order valence-electron chi connectivity index (χ3n) is 7.05. The Hall–Kier alpha value is -1.44. The Balaban J connectivity index is 0.00000150. The molecule has 0 amide bonds. The van der Waals surface area contributed by atoms with Gasteiger partial charge in [0.25, 0.3) is 0 Å². The van der Waals surface area contributed by atoms with Crippen molar-refractivity contribution in [1.82, 2.24) is 9.55 Å². The van der Waals surface area contributed by atoms with Crippen LogP contribution in [0.15, 0.2) is 36.4 Å². The molecule has 135 valence electrons. The molecule has 0 N–H and O–H groups in total. The first-order valence-corrected chi connectivity index (χ1v) is 9.73. The Bertz CT molecular complexity index is 961. The number of hydrogen-bond acceptors (Lipinski definition) is 1. The van der Waals surface area contributed by atoms with Gasteiger partial charge in [0.15, 0.2) is 0 Å². The number of benzene rings is 2. The van der Waals surface area contributed by atoms with Gasteiger partial charge in [-0.3, -0.25) is 4.98 Å². The summed E-state index contributed by atoms with van der Waals surface area (Å²) in [7, 11) is 2.15. The molecule has 1 aromatic heterocycles. The molecule has 2 aromatic carbocycles. The van der Waals surface area contributed by atoms with Crippen LogP contribution in [0.2, 0.25) is 0 Å². The van der Waals surface area contributed by atoms with Crippen LogP contribution in [-0.2, 0) is 27.2 Å². The van der Waals surface area contributed by atoms with E-state index in [9.17, 15) is 0 Å². The topological polar surface area (TPSA) is 17.8 Å². The van der Waals surface area contributed by atoms with Crippen molar-refractivity contribution in [3.8, 4) is 11.4 Å². The number of hydrogen-bond donors (Lipinski definition) is 0. The van der Waals surface area contributed by atoms with Crippen molar-refractivity contribution >= 4 is 11.0 Å². The molecular formula is C23H23IrN2-. The van der Waals surface area contributed by atoms with E-state index in [1.54, 1.807) is 11.1 Å². The molecule has 2 saturated carbocycles. The van der Waals surface area contributed by atoms with Crippen LogP contribution in [0.3, 0.4) is 0 Å². The van der Waals surface area contributed by atoms with E-state index in [2.05, 4.69) is 41.9 Å². The summed E-state index contributed by atoms with van der Waals surface area (Å²) in [5.74, 6) is 4.55. The van der Waals surface area contributed by atoms with Gasteiger partial charge in [0.05, 0.1) is 16.9 Å². The summed E-state index contributed by atoms with van der Waals surface area (Å²) in [4.78, 5) is 5.00. The third kappa shape index (κ3) is 2.37. The molecule has 7 rings (SSSR count). The van der Waals surface area contributed by atoms with Crippen molar-refractivity contribution in [2.45, 2.75) is 43.9 Å². The number of fused-ring (bicyclic) bond motifs is 1. The Morgan fingerprint density at radius 1 is 0.962 bits per heavy atom. The van der Waals surface area contributed by atoms with Crippen LogP contribution in [0.1, 0.15) is 55.1 Å². The molecule has 3 aromatic rings. The standard InChI is InChI=1S/C23H23N2.Ir/c1-25-22-13-20-18-10-14-7-15(11-18)9-17(8-14)19(20)12-21(22)24-23(25)16-5-3-2-4-6-16;/h2-5,12-15,17-18H,7-11H2,1H3;/q-1;. The van der Waals surface area contributed by atoms with Gasteiger partial charge in [-0.15, -0.1) is 35.9 Å². The Morgan fingerprint density at radius 2 is 1.65 bits per heavy atom. The normalized spacial score (nSPS) is 28.7. The zero-order chi connectivity index (χ0) is 16.5. The van der Waals surface area contributed by atoms with Crippen molar-refractivity contribution < 1.29 is 20.1 Å². The molecule has 26 heavy (non-hydrogen) atoms. The SMILES string of the molecule is Cn1c(-c2[c-]cccc2)nc2cc3c(cc21)C1CC2CC(CC3C2)C1.[Ir]. The Kier molecular flexibility index (Phi) is 3.88. The number of nitrogens with zero attached hydrogens (tertiary/aromatic N) is 2. The van der Waals surface area contributed by atoms with Crippen molar-refractivity contribution in [2.75, 3.05) is 0 Å². The molecule has 2 nitrogen and oxygen atoms in total. The van der Waals surface area contributed by atoms with Gasteiger partial charge in [0.1, 0.15) is 0 Å². The molecule has 0 saturated heterocycles. The largest absolute Gasteiger partial charge is 0.367 e. The molecule has 4 bridgehead atoms. The molecule has 1 radical (unpaired) electrons. The monoisotopic (exact) mass is 520 g/mol. The fourth-order valence-corrected chi connectivity index (χ4v) is 6.11. The van der Waals surface area contributed by atoms with E-state index in [4.69, 9.17) is 4.98 Å². The van der Waals surface area contributed by atoms with Crippen LogP contribution < -0.4 is 0 Å². The van der Waals surface area contributed by atoms with Crippen molar-refractivity contribution in [2.24, 2.45) is 18.9 Å². The van der Waals surface area contributed by atoms with Crippen LogP contribution in [0.5, 0.6) is 0 Å². The average molecular weight is 520 g/mol. The first kappa shape index (κ1) is 16.7. The van der Waals surface area contributed by atoms with E-state index in [-0.39, 0.29) is 20.1 Å². The molecule has 2 atom stereocenters. The molecule has 0 spiro atoms. The van der Waals surface area contributed by atoms with Gasteiger partial charge in [0, 0.05) is 27.2 Å². The average Bonchev–Trinajstić information content (AvgIpc) is 2.87. The minimum absolute atomic E-state index is 0. The van der Waals surface area contributed by atoms with E-state index in [0.717, 1.165) is 40.6 Å². The summed E-state index contributed by atoms with van der Waals surface area (Å²) in [6, 6.07) is 16.4. The number of aromatic nitrogens is 2. The maximum atomic E-state index is 5.00. The van der Waals surface area contributed by atoms with Gasteiger partial charge in [-0.05, 0) is 79.0 Å². The maximum Gasteiger partial charge on any atom is 0.0773 e. The second-order valence-corrected chi connectivity index (χ2v) is 8.54. The Labute approximate surface area is 168 Å². The summed E-state index contributed by atoms with van der Waals surface area (Å²) in [5.41, 5.74) is 6.80. The fourth-order valence-electron chi connectivity index (χ4n) is 6.11. The molecule has 4 aliphatic carbocycles. The van der Waals surface area contributed by atoms with Crippen molar-refractivity contribution in [3.05, 3.63) is 53.6 Å². The number of rotatable bonds is 1. The fraction of sp³-hybridized carbons (Fsp3) is 0.435. The maximum absolute atomic E-state index is 5.00. The van der Waals surface area contributed by atoms with E-state index >= 15 is 0 Å². The minimum atomic E-state index is 0. The van der Waals surface area contributed by atoms with Crippen molar-refractivity contribution in [3.63, 3.8) is 0 Å². The molecule has 1 heterocycles. The van der Waals surface area contributed by atoms with E-state index in [1.165, 1.54) is 37.6 Å². The van der Waals surface area contributed by atoms with E-state index in [0.29, 0.717) is 0 Å². The van der Waals surface area contributed by atoms with Gasteiger partial charge < -0.3 is 4.57 Å². The van der Waals surface area contributed by atoms with Gasteiger partial charge in [-0.25, -0.2) is 0 Å². The first-order valence-electron chi connectivity index (χ1n) is 9.73. The molecule has 3 heteroatoms. The molecule has 0 aliphatic heterocycles. The predicted octanol–water partition coefficient (Wildman–Crippen LogP) is 5.43. The van der Waals surface area contributed by atoms with Crippen LogP contribution >= 0.6 is 0 Å². The van der Waals surface area contributed by atoms with Gasteiger partial charge >= 0.3 is 0 Å². The number of imidazole rings is 1. The summed E-state index contributed by atoms with van der Waals surface area (Å²) in [6.45, 7) is 0. The predicted molar refractivity (Wildman–Crippen MR) is 101 cm³/mol. The van der Waals surface area contributed by atoms with Crippen molar-refractivity contribution in [1.29, 1.82) is 0 Å². The molecular weight excluding hydrogens is 496 g/mol. The molecule has 2 fully saturated rings. The summed E-state index contributed by atoms with van der Waals surface area (Å²) in [6.07, 6.45) is 7.16. The van der Waals surface area contributed by atoms with Crippen LogP contribution in [0.25, 0.3) is 22.4 Å². The zero-order valence-corrected chi connectivity index (χ0v) is 17.4. The van der Waals surface area contributed by atoms with Gasteiger partial charge in [-0.2, -0.15) is 0 Å². The second-order valence-electron chi connectivity index (χ2n) is 8.54. The van der Waals surface area contributed by atoms with E-state index in [1.807, 2.05) is 12.1 Å². The first-order chi connectivity index (χ1) is 12.3. The van der Waals surface area contributed by atoms with Gasteiger partial charge in [-0.1, -0.05) is 0 Å². The smallest absolute Gasteiger partial charge is 0.0773 e. The third-order valence-corrected chi connectivity index (χ3v) is 7.05. The second kappa shape index (κ2) is 6.04. The van der Waals surface area contributed by atoms with E-state index < -0.39 is 0 Å². The molecule has 2 unspecified atom stereocenters. The summed E-state index contributed by atoms with van der Waals surface area (Å²) >= 11 is 0. The molecule has 4 aliphatic rings. The summed E-state index contributed by atoms with van der Waals surface area (Å²) in [5, 5.41) is 0. The van der Waals surface area contributed by atoms with Gasteiger partial charge in [0.2, 0.25) is 0 Å².